The Morgan fingerprint density at radius 3 is 3.00 bits per heavy atom. The second kappa shape index (κ2) is 4.96. The summed E-state index contributed by atoms with van der Waals surface area (Å²) in [4.78, 5) is 27.8. The van der Waals surface area contributed by atoms with Crippen LogP contribution >= 0.6 is 0 Å². The Morgan fingerprint density at radius 2 is 2.35 bits per heavy atom. The topological polar surface area (TPSA) is 79.2 Å². The Bertz CT molecular complexity index is 668. The molecule has 20 heavy (non-hydrogen) atoms. The molecule has 0 bridgehead atoms. The number of nitrogens with one attached hydrogen (secondary N) is 1. The lowest BCUT2D eigenvalue weighted by atomic mass is 10.1. The molecule has 3 heterocycles. The number of H-pyrrole nitrogens is 1. The first kappa shape index (κ1) is 12.7. The lowest BCUT2D eigenvalue weighted by molar-refractivity contribution is 0.0714. The van der Waals surface area contributed by atoms with Crippen LogP contribution in [0.2, 0.25) is 0 Å². The summed E-state index contributed by atoms with van der Waals surface area (Å²) in [7, 11) is 0. The van der Waals surface area contributed by atoms with Gasteiger partial charge in [0, 0.05) is 24.9 Å². The van der Waals surface area contributed by atoms with Gasteiger partial charge in [0.25, 0.3) is 5.91 Å². The first-order valence-electron chi connectivity index (χ1n) is 6.58. The summed E-state index contributed by atoms with van der Waals surface area (Å²) in [6, 6.07) is 4.69. The van der Waals surface area contributed by atoms with Gasteiger partial charge in [0.15, 0.2) is 5.76 Å². The maximum absolute atomic E-state index is 12.5. The van der Waals surface area contributed by atoms with Crippen LogP contribution < -0.4 is 5.56 Å². The fraction of sp³-hybridized carbons (Fsp3) is 0.357. The van der Waals surface area contributed by atoms with Crippen LogP contribution in [-0.4, -0.2) is 27.5 Å². The van der Waals surface area contributed by atoms with Crippen LogP contribution in [-0.2, 0) is 0 Å². The number of aryl methyl sites for hydroxylation is 1. The summed E-state index contributed by atoms with van der Waals surface area (Å²) < 4.78 is 5.28. The number of nitrogens with zero attached hydrogens (tertiary/aromatic N) is 2. The van der Waals surface area contributed by atoms with Crippen LogP contribution in [0, 0.1) is 6.92 Å². The minimum atomic E-state index is -0.217. The number of amides is 1. The number of aromatic amines is 1. The number of carbonyl (C=O) groups excluding carboxylic acids is 1. The van der Waals surface area contributed by atoms with E-state index in [0.29, 0.717) is 12.1 Å². The summed E-state index contributed by atoms with van der Waals surface area (Å²) in [6.07, 6.45) is 3.24. The van der Waals surface area contributed by atoms with Crippen LogP contribution in [0.4, 0.5) is 0 Å². The number of hydrogen-bond acceptors (Lipinski definition) is 4. The van der Waals surface area contributed by atoms with Gasteiger partial charge in [0.05, 0.1) is 17.3 Å². The fourth-order valence-electron chi connectivity index (χ4n) is 2.56. The van der Waals surface area contributed by atoms with Gasteiger partial charge in [0.1, 0.15) is 0 Å². The Hall–Kier alpha value is -2.37. The molecule has 1 N–H and O–H groups in total. The Balaban J connectivity index is 1.86. The molecule has 2 aromatic rings. The number of pyridine rings is 1. The van der Waals surface area contributed by atoms with E-state index in [1.165, 1.54) is 12.3 Å². The van der Waals surface area contributed by atoms with Crippen molar-refractivity contribution in [3.63, 3.8) is 0 Å². The minimum Gasteiger partial charge on any atom is -0.359 e. The molecule has 1 aliphatic rings. The van der Waals surface area contributed by atoms with Crippen molar-refractivity contribution in [3.8, 4) is 0 Å². The molecule has 6 heteroatoms. The Morgan fingerprint density at radius 1 is 1.50 bits per heavy atom. The molecule has 104 valence electrons. The van der Waals surface area contributed by atoms with Crippen LogP contribution in [0.3, 0.4) is 0 Å². The number of rotatable bonds is 2. The van der Waals surface area contributed by atoms with Crippen LogP contribution in [0.25, 0.3) is 0 Å². The summed E-state index contributed by atoms with van der Waals surface area (Å²) in [5, 5.41) is 3.88. The van der Waals surface area contributed by atoms with Gasteiger partial charge < -0.3 is 14.4 Å². The van der Waals surface area contributed by atoms with Crippen molar-refractivity contribution in [2.24, 2.45) is 0 Å². The fourth-order valence-corrected chi connectivity index (χ4v) is 2.56. The monoisotopic (exact) mass is 273 g/mol. The van der Waals surface area contributed by atoms with Crippen molar-refractivity contribution in [2.75, 3.05) is 6.54 Å². The van der Waals surface area contributed by atoms with Gasteiger partial charge in [-0.3, -0.25) is 9.59 Å². The highest BCUT2D eigenvalue weighted by Gasteiger charge is 2.33. The number of hydrogen-bond donors (Lipinski definition) is 1. The highest BCUT2D eigenvalue weighted by Crippen LogP contribution is 2.33. The SMILES string of the molecule is Cc1cc(C2CCCN2C(=O)c2ccc(=O)[nH]c2)on1. The average Bonchev–Trinajstić information content (AvgIpc) is 3.07. The number of likely N-dealkylation sites (tertiary alicyclic amines) is 1. The van der Waals surface area contributed by atoms with Gasteiger partial charge in [-0.25, -0.2) is 0 Å². The molecule has 1 unspecified atom stereocenters. The van der Waals surface area contributed by atoms with E-state index in [9.17, 15) is 9.59 Å². The van der Waals surface area contributed by atoms with Crippen LogP contribution in [0.1, 0.15) is 40.7 Å². The summed E-state index contributed by atoms with van der Waals surface area (Å²) in [6.45, 7) is 2.54. The van der Waals surface area contributed by atoms with E-state index in [2.05, 4.69) is 10.1 Å². The molecule has 3 rings (SSSR count). The van der Waals surface area contributed by atoms with Crippen molar-refractivity contribution in [1.82, 2.24) is 15.0 Å². The largest absolute Gasteiger partial charge is 0.359 e. The van der Waals surface area contributed by atoms with Gasteiger partial charge >= 0.3 is 0 Å². The van der Waals surface area contributed by atoms with Gasteiger partial charge in [-0.15, -0.1) is 0 Å². The highest BCUT2D eigenvalue weighted by atomic mass is 16.5. The van der Waals surface area contributed by atoms with E-state index >= 15 is 0 Å². The molecule has 1 amide bonds. The van der Waals surface area contributed by atoms with Gasteiger partial charge in [-0.1, -0.05) is 5.16 Å². The minimum absolute atomic E-state index is 0.0735. The second-order valence-electron chi connectivity index (χ2n) is 4.97. The standard InChI is InChI=1S/C14H15N3O3/c1-9-7-12(20-16-9)11-3-2-6-17(11)14(19)10-4-5-13(18)15-8-10/h4-5,7-8,11H,2-3,6H2,1H3,(H,15,18). The Labute approximate surface area is 115 Å². The lowest BCUT2D eigenvalue weighted by Crippen LogP contribution is -2.30. The normalized spacial score (nSPS) is 18.4. The summed E-state index contributed by atoms with van der Waals surface area (Å²) >= 11 is 0. The maximum atomic E-state index is 12.5. The molecule has 1 fully saturated rings. The highest BCUT2D eigenvalue weighted by molar-refractivity contribution is 5.94. The molecule has 6 nitrogen and oxygen atoms in total. The zero-order chi connectivity index (χ0) is 14.1. The second-order valence-corrected chi connectivity index (χ2v) is 4.97. The molecule has 0 aromatic carbocycles. The van der Waals surface area contributed by atoms with Crippen molar-refractivity contribution in [3.05, 3.63) is 51.8 Å². The summed E-state index contributed by atoms with van der Waals surface area (Å²) in [5.74, 6) is 0.621. The molecule has 0 radical (unpaired) electrons. The average molecular weight is 273 g/mol. The quantitative estimate of drug-likeness (QED) is 0.902. The van der Waals surface area contributed by atoms with Crippen molar-refractivity contribution >= 4 is 5.91 Å². The van der Waals surface area contributed by atoms with Crippen molar-refractivity contribution < 1.29 is 9.32 Å². The van der Waals surface area contributed by atoms with E-state index in [4.69, 9.17) is 4.52 Å². The first-order valence-corrected chi connectivity index (χ1v) is 6.58. The van der Waals surface area contributed by atoms with Crippen LogP contribution in [0.15, 0.2) is 33.7 Å². The third-order valence-corrected chi connectivity index (χ3v) is 3.52. The van der Waals surface area contributed by atoms with Crippen molar-refractivity contribution in [1.29, 1.82) is 0 Å². The van der Waals surface area contributed by atoms with E-state index < -0.39 is 0 Å². The molecular formula is C14H15N3O3. The molecule has 0 spiro atoms. The molecule has 1 atom stereocenters. The van der Waals surface area contributed by atoms with Gasteiger partial charge in [0.2, 0.25) is 5.56 Å². The number of aromatic nitrogens is 2. The van der Waals surface area contributed by atoms with E-state index in [0.717, 1.165) is 24.3 Å². The van der Waals surface area contributed by atoms with Gasteiger partial charge in [-0.05, 0) is 25.8 Å². The predicted octanol–water partition coefficient (Wildman–Crippen LogP) is 1.65. The van der Waals surface area contributed by atoms with E-state index in [1.54, 1.807) is 11.0 Å². The lowest BCUT2D eigenvalue weighted by Gasteiger charge is -2.22. The zero-order valence-corrected chi connectivity index (χ0v) is 11.1. The van der Waals surface area contributed by atoms with Crippen molar-refractivity contribution in [2.45, 2.75) is 25.8 Å². The third kappa shape index (κ3) is 2.24. The predicted molar refractivity (Wildman–Crippen MR) is 71.3 cm³/mol. The maximum Gasteiger partial charge on any atom is 0.255 e. The molecule has 1 aliphatic heterocycles. The third-order valence-electron chi connectivity index (χ3n) is 3.52. The summed E-state index contributed by atoms with van der Waals surface area (Å²) in [5.41, 5.74) is 1.07. The zero-order valence-electron chi connectivity index (χ0n) is 11.1. The van der Waals surface area contributed by atoms with E-state index in [-0.39, 0.29) is 17.5 Å². The molecule has 1 saturated heterocycles. The number of carbonyl (C=O) groups is 1. The van der Waals surface area contributed by atoms with Crippen LogP contribution in [0.5, 0.6) is 0 Å². The molecule has 2 aromatic heterocycles. The van der Waals surface area contributed by atoms with E-state index in [1.807, 2.05) is 13.0 Å². The molecule has 0 saturated carbocycles. The molecular weight excluding hydrogens is 258 g/mol. The molecule has 0 aliphatic carbocycles. The smallest absolute Gasteiger partial charge is 0.255 e. The van der Waals surface area contributed by atoms with Gasteiger partial charge in [-0.2, -0.15) is 0 Å². The Kier molecular flexibility index (Phi) is 3.14. The first-order chi connectivity index (χ1) is 9.65.